The maximum Gasteiger partial charge on any atom is 0.313 e. The summed E-state index contributed by atoms with van der Waals surface area (Å²) >= 11 is 0. The van der Waals surface area contributed by atoms with Gasteiger partial charge in [-0.2, -0.15) is 0 Å². The minimum Gasteiger partial charge on any atom is -0.496 e. The summed E-state index contributed by atoms with van der Waals surface area (Å²) in [5.74, 6) is -0.638. The third kappa shape index (κ3) is 5.30. The Morgan fingerprint density at radius 3 is 2.67 bits per heavy atom. The van der Waals surface area contributed by atoms with Crippen molar-refractivity contribution in [2.75, 3.05) is 19.0 Å². The molecule has 0 aliphatic carbocycles. The van der Waals surface area contributed by atoms with E-state index in [1.54, 1.807) is 24.4 Å². The zero-order valence-corrected chi connectivity index (χ0v) is 15.7. The lowest BCUT2D eigenvalue weighted by Crippen LogP contribution is -2.45. The first-order chi connectivity index (χ1) is 12.9. The molecule has 1 aromatic carbocycles. The number of hydrogen-bond donors (Lipinski definition) is 3. The standard InChI is InChI=1S/C19H25N3O5/c1-4-8-19(25,5-2)11-21-17(23)18(24)22-13-6-7-14(15(9-13)26-3)16-10-20-12-27-16/h6-7,9-10,12,25H,4-5,8,11H2,1-3H3,(H,21,23)(H,22,24). The largest absolute Gasteiger partial charge is 0.496 e. The van der Waals surface area contributed by atoms with Crippen molar-refractivity contribution in [2.45, 2.75) is 38.7 Å². The van der Waals surface area contributed by atoms with E-state index in [-0.39, 0.29) is 6.54 Å². The minimum absolute atomic E-state index is 0.0251. The van der Waals surface area contributed by atoms with Crippen LogP contribution in [0.5, 0.6) is 5.75 Å². The van der Waals surface area contributed by atoms with Gasteiger partial charge >= 0.3 is 11.8 Å². The average Bonchev–Trinajstić information content (AvgIpc) is 3.20. The van der Waals surface area contributed by atoms with Crippen LogP contribution in [0.4, 0.5) is 5.69 Å². The number of carbonyl (C=O) groups excluding carboxylic acids is 2. The van der Waals surface area contributed by atoms with Crippen molar-refractivity contribution in [1.82, 2.24) is 10.3 Å². The molecule has 1 unspecified atom stereocenters. The lowest BCUT2D eigenvalue weighted by Gasteiger charge is -2.26. The Morgan fingerprint density at radius 1 is 1.30 bits per heavy atom. The number of benzene rings is 1. The highest BCUT2D eigenvalue weighted by atomic mass is 16.5. The first-order valence-corrected chi connectivity index (χ1v) is 8.81. The number of anilines is 1. The Kier molecular flexibility index (Phi) is 6.95. The fraction of sp³-hybridized carbons (Fsp3) is 0.421. The molecule has 0 aliphatic heterocycles. The molecule has 27 heavy (non-hydrogen) atoms. The lowest BCUT2D eigenvalue weighted by atomic mass is 9.95. The molecule has 1 heterocycles. The van der Waals surface area contributed by atoms with Crippen molar-refractivity contribution in [3.05, 3.63) is 30.8 Å². The van der Waals surface area contributed by atoms with Crippen molar-refractivity contribution in [3.63, 3.8) is 0 Å². The van der Waals surface area contributed by atoms with Crippen LogP contribution in [0, 0.1) is 0 Å². The predicted molar refractivity (Wildman–Crippen MR) is 100 cm³/mol. The number of ether oxygens (including phenoxy) is 1. The Bertz CT molecular complexity index is 776. The van der Waals surface area contributed by atoms with Gasteiger partial charge in [0.15, 0.2) is 12.2 Å². The Labute approximate surface area is 157 Å². The van der Waals surface area contributed by atoms with Crippen molar-refractivity contribution in [2.24, 2.45) is 0 Å². The highest BCUT2D eigenvalue weighted by molar-refractivity contribution is 6.39. The summed E-state index contributed by atoms with van der Waals surface area (Å²) in [4.78, 5) is 28.0. The fourth-order valence-electron chi connectivity index (χ4n) is 2.69. The van der Waals surface area contributed by atoms with E-state index in [0.717, 1.165) is 6.42 Å². The maximum atomic E-state index is 12.1. The average molecular weight is 375 g/mol. The number of aliphatic hydroxyl groups is 1. The van der Waals surface area contributed by atoms with Crippen LogP contribution in [0.1, 0.15) is 33.1 Å². The second-order valence-electron chi connectivity index (χ2n) is 6.25. The van der Waals surface area contributed by atoms with Gasteiger partial charge in [0.1, 0.15) is 5.75 Å². The fourth-order valence-corrected chi connectivity index (χ4v) is 2.69. The smallest absolute Gasteiger partial charge is 0.313 e. The molecule has 0 saturated carbocycles. The molecule has 8 heteroatoms. The molecule has 2 aromatic rings. The van der Waals surface area contributed by atoms with E-state index in [1.165, 1.54) is 13.5 Å². The second kappa shape index (κ2) is 9.18. The summed E-state index contributed by atoms with van der Waals surface area (Å²) in [5.41, 5.74) is 0.0618. The number of nitrogens with one attached hydrogen (secondary N) is 2. The van der Waals surface area contributed by atoms with Gasteiger partial charge in [0.05, 0.1) is 24.5 Å². The topological polar surface area (TPSA) is 114 Å². The molecule has 0 bridgehead atoms. The molecular formula is C19H25N3O5. The molecule has 2 amide bonds. The molecule has 146 valence electrons. The third-order valence-electron chi connectivity index (χ3n) is 4.31. The van der Waals surface area contributed by atoms with Crippen molar-refractivity contribution < 1.29 is 23.8 Å². The molecule has 1 aromatic heterocycles. The first kappa shape index (κ1) is 20.4. The van der Waals surface area contributed by atoms with Crippen LogP contribution in [-0.2, 0) is 9.59 Å². The van der Waals surface area contributed by atoms with E-state index in [2.05, 4.69) is 15.6 Å². The summed E-state index contributed by atoms with van der Waals surface area (Å²) in [6, 6.07) is 4.91. The van der Waals surface area contributed by atoms with E-state index in [0.29, 0.717) is 35.6 Å². The van der Waals surface area contributed by atoms with E-state index >= 15 is 0 Å². The molecule has 0 aliphatic rings. The minimum atomic E-state index is -1.01. The van der Waals surface area contributed by atoms with E-state index in [9.17, 15) is 14.7 Å². The maximum absolute atomic E-state index is 12.1. The summed E-state index contributed by atoms with van der Waals surface area (Å²) in [6.07, 6.45) is 4.68. The Morgan fingerprint density at radius 2 is 2.07 bits per heavy atom. The van der Waals surface area contributed by atoms with Crippen LogP contribution in [0.3, 0.4) is 0 Å². The first-order valence-electron chi connectivity index (χ1n) is 8.81. The van der Waals surface area contributed by atoms with Gasteiger partial charge in [-0.15, -0.1) is 0 Å². The third-order valence-corrected chi connectivity index (χ3v) is 4.31. The molecule has 2 rings (SSSR count). The zero-order chi connectivity index (χ0) is 19.9. The molecular weight excluding hydrogens is 350 g/mol. The molecule has 0 spiro atoms. The molecule has 0 radical (unpaired) electrons. The van der Waals surface area contributed by atoms with Crippen molar-refractivity contribution >= 4 is 17.5 Å². The van der Waals surface area contributed by atoms with Crippen LogP contribution in [0.25, 0.3) is 11.3 Å². The van der Waals surface area contributed by atoms with Crippen LogP contribution < -0.4 is 15.4 Å². The number of oxazole rings is 1. The normalized spacial score (nSPS) is 12.9. The SMILES string of the molecule is CCCC(O)(CC)CNC(=O)C(=O)Nc1ccc(-c2cnco2)c(OC)c1. The van der Waals surface area contributed by atoms with Crippen molar-refractivity contribution in [3.8, 4) is 17.1 Å². The molecule has 3 N–H and O–H groups in total. The predicted octanol–water partition coefficient (Wildman–Crippen LogP) is 2.35. The molecule has 0 fully saturated rings. The quantitative estimate of drug-likeness (QED) is 0.610. The second-order valence-corrected chi connectivity index (χ2v) is 6.25. The van der Waals surface area contributed by atoms with Gasteiger partial charge in [-0.3, -0.25) is 9.59 Å². The lowest BCUT2D eigenvalue weighted by molar-refractivity contribution is -0.136. The Hall–Kier alpha value is -2.87. The summed E-state index contributed by atoms with van der Waals surface area (Å²) in [5, 5.41) is 15.4. The number of carbonyl (C=O) groups is 2. The summed E-state index contributed by atoms with van der Waals surface area (Å²) < 4.78 is 10.6. The van der Waals surface area contributed by atoms with E-state index in [4.69, 9.17) is 9.15 Å². The van der Waals surface area contributed by atoms with Crippen LogP contribution in [0.15, 0.2) is 35.2 Å². The number of aromatic nitrogens is 1. The van der Waals surface area contributed by atoms with Gasteiger partial charge in [-0.05, 0) is 25.0 Å². The Balaban J connectivity index is 2.01. The zero-order valence-electron chi connectivity index (χ0n) is 15.7. The van der Waals surface area contributed by atoms with Gasteiger partial charge in [0.25, 0.3) is 0 Å². The van der Waals surface area contributed by atoms with E-state index in [1.807, 2.05) is 13.8 Å². The van der Waals surface area contributed by atoms with Crippen LogP contribution >= 0.6 is 0 Å². The van der Waals surface area contributed by atoms with Gasteiger partial charge in [-0.1, -0.05) is 20.3 Å². The van der Waals surface area contributed by atoms with Gasteiger partial charge in [0, 0.05) is 18.3 Å². The highest BCUT2D eigenvalue weighted by Crippen LogP contribution is 2.32. The number of hydrogen-bond acceptors (Lipinski definition) is 6. The van der Waals surface area contributed by atoms with Crippen molar-refractivity contribution in [1.29, 1.82) is 0 Å². The van der Waals surface area contributed by atoms with Gasteiger partial charge < -0.3 is 24.9 Å². The number of nitrogens with zero attached hydrogens (tertiary/aromatic N) is 1. The van der Waals surface area contributed by atoms with Crippen LogP contribution in [-0.4, -0.2) is 41.2 Å². The monoisotopic (exact) mass is 375 g/mol. The van der Waals surface area contributed by atoms with Gasteiger partial charge in [0.2, 0.25) is 0 Å². The summed E-state index contributed by atoms with van der Waals surface area (Å²) in [6.45, 7) is 3.81. The van der Waals surface area contributed by atoms with Gasteiger partial charge in [-0.25, -0.2) is 4.98 Å². The number of methoxy groups -OCH3 is 1. The highest BCUT2D eigenvalue weighted by Gasteiger charge is 2.25. The number of amides is 2. The summed E-state index contributed by atoms with van der Waals surface area (Å²) in [7, 11) is 1.49. The molecule has 8 nitrogen and oxygen atoms in total. The molecule has 0 saturated heterocycles. The molecule has 1 atom stereocenters. The number of rotatable bonds is 8. The van der Waals surface area contributed by atoms with Crippen LogP contribution in [0.2, 0.25) is 0 Å². The van der Waals surface area contributed by atoms with E-state index < -0.39 is 17.4 Å².